The van der Waals surface area contributed by atoms with E-state index in [0.717, 1.165) is 25.7 Å². The normalized spacial score (nSPS) is 39.1. The summed E-state index contributed by atoms with van der Waals surface area (Å²) in [6, 6.07) is 0. The minimum Gasteiger partial charge on any atom is -0.466 e. The summed E-state index contributed by atoms with van der Waals surface area (Å²) in [6.45, 7) is 1.86. The standard InChI is InChI=1S/C12H19FO2/c1-2-15-12(14)11-9-5-3-8(4-6-9)10(11)7-13/h8-11H,2-7H2,1H3. The van der Waals surface area contributed by atoms with Crippen LogP contribution in [-0.4, -0.2) is 19.3 Å². The lowest BCUT2D eigenvalue weighted by atomic mass is 9.59. The average Bonchev–Trinajstić information content (AvgIpc) is 2.29. The van der Waals surface area contributed by atoms with Gasteiger partial charge in [-0.25, -0.2) is 0 Å². The number of fused-ring (bicyclic) bond motifs is 3. The number of carbonyl (C=O) groups excluding carboxylic acids is 1. The van der Waals surface area contributed by atoms with Gasteiger partial charge in [-0.15, -0.1) is 0 Å². The number of carbonyl (C=O) groups is 1. The fraction of sp³-hybridized carbons (Fsp3) is 0.917. The molecule has 2 bridgehead atoms. The fourth-order valence-corrected chi connectivity index (χ4v) is 3.40. The summed E-state index contributed by atoms with van der Waals surface area (Å²) in [7, 11) is 0. The summed E-state index contributed by atoms with van der Waals surface area (Å²) in [5.74, 6) is 0.442. The molecule has 3 heteroatoms. The number of alkyl halides is 1. The van der Waals surface area contributed by atoms with Crippen LogP contribution in [0.5, 0.6) is 0 Å². The maximum Gasteiger partial charge on any atom is 0.309 e. The van der Waals surface area contributed by atoms with Crippen molar-refractivity contribution in [1.82, 2.24) is 0 Å². The first-order valence-electron chi connectivity index (χ1n) is 6.00. The lowest BCUT2D eigenvalue weighted by Gasteiger charge is -2.46. The first-order valence-corrected chi connectivity index (χ1v) is 6.00. The van der Waals surface area contributed by atoms with Crippen LogP contribution >= 0.6 is 0 Å². The Morgan fingerprint density at radius 1 is 1.27 bits per heavy atom. The summed E-state index contributed by atoms with van der Waals surface area (Å²) in [5.41, 5.74) is 0. The number of esters is 1. The first kappa shape index (κ1) is 10.9. The SMILES string of the molecule is CCOC(=O)C1C2CCC(CC2)C1CF. The highest BCUT2D eigenvalue weighted by Crippen LogP contribution is 2.49. The number of halogens is 1. The Bertz CT molecular complexity index is 234. The summed E-state index contributed by atoms with van der Waals surface area (Å²) in [4.78, 5) is 11.8. The van der Waals surface area contributed by atoms with Crippen molar-refractivity contribution in [3.05, 3.63) is 0 Å². The van der Waals surface area contributed by atoms with E-state index in [1.807, 2.05) is 6.92 Å². The zero-order valence-electron chi connectivity index (χ0n) is 9.25. The van der Waals surface area contributed by atoms with Crippen LogP contribution in [0.25, 0.3) is 0 Å². The maximum atomic E-state index is 13.0. The van der Waals surface area contributed by atoms with Crippen molar-refractivity contribution in [3.8, 4) is 0 Å². The second kappa shape index (κ2) is 4.50. The highest BCUT2D eigenvalue weighted by Gasteiger charge is 2.47. The summed E-state index contributed by atoms with van der Waals surface area (Å²) < 4.78 is 18.0. The van der Waals surface area contributed by atoms with Gasteiger partial charge >= 0.3 is 5.97 Å². The minimum atomic E-state index is -0.357. The van der Waals surface area contributed by atoms with Crippen molar-refractivity contribution in [2.75, 3.05) is 13.3 Å². The molecule has 0 spiro atoms. The Balaban J connectivity index is 2.10. The molecule has 0 heterocycles. The third kappa shape index (κ3) is 1.88. The van der Waals surface area contributed by atoms with E-state index >= 15 is 0 Å². The molecule has 0 radical (unpaired) electrons. The monoisotopic (exact) mass is 214 g/mol. The Morgan fingerprint density at radius 2 is 1.87 bits per heavy atom. The van der Waals surface area contributed by atoms with E-state index in [9.17, 15) is 9.18 Å². The second-order valence-corrected chi connectivity index (χ2v) is 4.77. The lowest BCUT2D eigenvalue weighted by Crippen LogP contribution is -2.45. The van der Waals surface area contributed by atoms with E-state index in [1.165, 1.54) is 0 Å². The van der Waals surface area contributed by atoms with Gasteiger partial charge in [-0.2, -0.15) is 0 Å². The number of rotatable bonds is 3. The molecule has 0 aromatic heterocycles. The molecule has 3 rings (SSSR count). The highest BCUT2D eigenvalue weighted by atomic mass is 19.1. The molecular weight excluding hydrogens is 195 g/mol. The molecule has 0 saturated heterocycles. The van der Waals surface area contributed by atoms with Gasteiger partial charge in [0.15, 0.2) is 0 Å². The van der Waals surface area contributed by atoms with Crippen LogP contribution in [0, 0.1) is 23.7 Å². The topological polar surface area (TPSA) is 26.3 Å². The van der Waals surface area contributed by atoms with E-state index < -0.39 is 0 Å². The average molecular weight is 214 g/mol. The van der Waals surface area contributed by atoms with Crippen molar-refractivity contribution in [2.45, 2.75) is 32.6 Å². The van der Waals surface area contributed by atoms with Crippen molar-refractivity contribution in [3.63, 3.8) is 0 Å². The Morgan fingerprint density at radius 3 is 2.40 bits per heavy atom. The minimum absolute atomic E-state index is 0.0588. The Labute approximate surface area is 90.2 Å². The number of hydrogen-bond acceptors (Lipinski definition) is 2. The van der Waals surface area contributed by atoms with Gasteiger partial charge in [0.1, 0.15) is 0 Å². The van der Waals surface area contributed by atoms with Gasteiger partial charge in [0.2, 0.25) is 0 Å². The Hall–Kier alpha value is -0.600. The van der Waals surface area contributed by atoms with E-state index in [1.54, 1.807) is 0 Å². The van der Waals surface area contributed by atoms with Gasteiger partial charge < -0.3 is 4.74 Å². The van der Waals surface area contributed by atoms with E-state index in [0.29, 0.717) is 18.4 Å². The molecule has 3 aliphatic carbocycles. The molecular formula is C12H19FO2. The lowest BCUT2D eigenvalue weighted by molar-refractivity contribution is -0.159. The van der Waals surface area contributed by atoms with Crippen molar-refractivity contribution in [1.29, 1.82) is 0 Å². The fourth-order valence-electron chi connectivity index (χ4n) is 3.40. The van der Waals surface area contributed by atoms with Crippen LogP contribution in [0.15, 0.2) is 0 Å². The third-order valence-corrected chi connectivity index (χ3v) is 4.13. The number of hydrogen-bond donors (Lipinski definition) is 0. The number of ether oxygens (including phenoxy) is 1. The Kier molecular flexibility index (Phi) is 3.27. The molecule has 0 N–H and O–H groups in total. The van der Waals surface area contributed by atoms with Crippen molar-refractivity contribution >= 4 is 5.97 Å². The second-order valence-electron chi connectivity index (χ2n) is 4.77. The molecule has 0 aromatic rings. The predicted molar refractivity (Wildman–Crippen MR) is 55.0 cm³/mol. The van der Waals surface area contributed by atoms with Gasteiger partial charge in [0.05, 0.1) is 19.2 Å². The maximum absolute atomic E-state index is 13.0. The first-order chi connectivity index (χ1) is 7.27. The smallest absolute Gasteiger partial charge is 0.309 e. The highest BCUT2D eigenvalue weighted by molar-refractivity contribution is 5.73. The van der Waals surface area contributed by atoms with Gasteiger partial charge in [-0.1, -0.05) is 0 Å². The van der Waals surface area contributed by atoms with Gasteiger partial charge in [-0.3, -0.25) is 9.18 Å². The molecule has 2 atom stereocenters. The molecule has 2 nitrogen and oxygen atoms in total. The van der Waals surface area contributed by atoms with Crippen LogP contribution in [0.2, 0.25) is 0 Å². The molecule has 3 saturated carbocycles. The predicted octanol–water partition coefficient (Wildman–Crippen LogP) is 2.57. The van der Waals surface area contributed by atoms with Gasteiger partial charge in [0, 0.05) is 5.92 Å². The molecule has 0 aromatic carbocycles. The molecule has 0 amide bonds. The molecule has 2 unspecified atom stereocenters. The summed E-state index contributed by atoms with van der Waals surface area (Å²) in [5, 5.41) is 0. The molecule has 3 aliphatic rings. The molecule has 0 aliphatic heterocycles. The molecule has 3 fully saturated rings. The van der Waals surface area contributed by atoms with Gasteiger partial charge in [0.25, 0.3) is 0 Å². The van der Waals surface area contributed by atoms with Crippen LogP contribution in [0.4, 0.5) is 4.39 Å². The molecule has 15 heavy (non-hydrogen) atoms. The van der Waals surface area contributed by atoms with Gasteiger partial charge in [-0.05, 0) is 44.4 Å². The summed E-state index contributed by atoms with van der Waals surface area (Å²) in [6.07, 6.45) is 4.39. The van der Waals surface area contributed by atoms with Crippen LogP contribution < -0.4 is 0 Å². The van der Waals surface area contributed by atoms with E-state index in [-0.39, 0.29) is 24.5 Å². The summed E-state index contributed by atoms with van der Waals surface area (Å²) >= 11 is 0. The van der Waals surface area contributed by atoms with Crippen molar-refractivity contribution in [2.24, 2.45) is 23.7 Å². The zero-order chi connectivity index (χ0) is 10.8. The van der Waals surface area contributed by atoms with E-state index in [4.69, 9.17) is 4.74 Å². The molecule has 86 valence electrons. The van der Waals surface area contributed by atoms with Crippen LogP contribution in [-0.2, 0) is 9.53 Å². The van der Waals surface area contributed by atoms with E-state index in [2.05, 4.69) is 0 Å². The van der Waals surface area contributed by atoms with Crippen LogP contribution in [0.3, 0.4) is 0 Å². The third-order valence-electron chi connectivity index (χ3n) is 4.13. The quantitative estimate of drug-likeness (QED) is 0.675. The van der Waals surface area contributed by atoms with Crippen molar-refractivity contribution < 1.29 is 13.9 Å². The zero-order valence-corrected chi connectivity index (χ0v) is 9.25. The largest absolute Gasteiger partial charge is 0.466 e. The van der Waals surface area contributed by atoms with Crippen LogP contribution in [0.1, 0.15) is 32.6 Å².